The molecule has 5 nitrogen and oxygen atoms in total. The predicted molar refractivity (Wildman–Crippen MR) is 92.8 cm³/mol. The summed E-state index contributed by atoms with van der Waals surface area (Å²) in [5.41, 5.74) is -0.728. The molecule has 1 aliphatic carbocycles. The number of nitrogens with zero attached hydrogens (tertiary/aromatic N) is 2. The van der Waals surface area contributed by atoms with E-state index < -0.39 is 5.60 Å². The zero-order chi connectivity index (χ0) is 16.6. The number of likely N-dealkylation sites (tertiary alicyclic amines) is 1. The lowest BCUT2D eigenvalue weighted by molar-refractivity contribution is -0.140. The zero-order valence-corrected chi connectivity index (χ0v) is 14.8. The van der Waals surface area contributed by atoms with Gasteiger partial charge in [0.1, 0.15) is 0 Å². The van der Waals surface area contributed by atoms with Crippen molar-refractivity contribution in [1.29, 1.82) is 0 Å². The summed E-state index contributed by atoms with van der Waals surface area (Å²) in [6.45, 7) is 5.10. The largest absolute Gasteiger partial charge is 0.389 e. The minimum Gasteiger partial charge on any atom is -0.389 e. The van der Waals surface area contributed by atoms with E-state index in [1.807, 2.05) is 4.90 Å². The van der Waals surface area contributed by atoms with Crippen molar-refractivity contribution in [2.24, 2.45) is 5.92 Å². The molecule has 2 aliphatic heterocycles. The van der Waals surface area contributed by atoms with Crippen LogP contribution in [0.5, 0.6) is 0 Å². The van der Waals surface area contributed by atoms with Crippen molar-refractivity contribution >= 4 is 17.2 Å². The van der Waals surface area contributed by atoms with Crippen molar-refractivity contribution in [2.75, 3.05) is 32.8 Å². The standard InChI is InChI=1S/C18H26N2O3S/c21-17(9-18(22)4-2-5-18)20-11-14-10-19(6-7-23-16(14)13-20)12-15-3-1-8-24-15/h1,3,8,14,16,22H,2,4-7,9-13H2/t14-,16+/m0/s1. The third kappa shape index (κ3) is 3.52. The molecular weight excluding hydrogens is 324 g/mol. The number of thiophene rings is 1. The Hall–Kier alpha value is -0.950. The third-order valence-corrected chi connectivity index (χ3v) is 6.55. The van der Waals surface area contributed by atoms with E-state index in [1.165, 1.54) is 4.88 Å². The van der Waals surface area contributed by atoms with Crippen LogP contribution in [0.4, 0.5) is 0 Å². The lowest BCUT2D eigenvalue weighted by Gasteiger charge is -2.37. The number of hydrogen-bond acceptors (Lipinski definition) is 5. The number of ether oxygens (including phenoxy) is 1. The Morgan fingerprint density at radius 1 is 1.38 bits per heavy atom. The molecule has 1 saturated carbocycles. The molecular formula is C18H26N2O3S. The van der Waals surface area contributed by atoms with Gasteiger partial charge < -0.3 is 14.7 Å². The number of fused-ring (bicyclic) bond motifs is 1. The molecule has 3 heterocycles. The van der Waals surface area contributed by atoms with Crippen LogP contribution in [0, 0.1) is 5.92 Å². The SMILES string of the molecule is O=C(CC1(O)CCC1)N1C[C@@H]2CN(Cc3cccs3)CCO[C@@H]2C1. The molecule has 0 radical (unpaired) electrons. The normalized spacial score (nSPS) is 29.8. The highest BCUT2D eigenvalue weighted by Gasteiger charge is 2.42. The van der Waals surface area contributed by atoms with Crippen molar-refractivity contribution in [3.63, 3.8) is 0 Å². The summed E-state index contributed by atoms with van der Waals surface area (Å²) in [7, 11) is 0. The number of amides is 1. The molecule has 0 unspecified atom stereocenters. The Labute approximate surface area is 147 Å². The molecule has 2 atom stereocenters. The van der Waals surface area contributed by atoms with E-state index in [9.17, 15) is 9.90 Å². The number of carbonyl (C=O) groups excluding carboxylic acids is 1. The number of carbonyl (C=O) groups is 1. The lowest BCUT2D eigenvalue weighted by atomic mass is 9.77. The van der Waals surface area contributed by atoms with Crippen LogP contribution >= 0.6 is 11.3 Å². The van der Waals surface area contributed by atoms with E-state index >= 15 is 0 Å². The van der Waals surface area contributed by atoms with Crippen molar-refractivity contribution < 1.29 is 14.6 Å². The molecule has 1 amide bonds. The second-order valence-electron chi connectivity index (χ2n) is 7.54. The molecule has 0 spiro atoms. The Bertz CT molecular complexity index is 573. The highest BCUT2D eigenvalue weighted by molar-refractivity contribution is 7.09. The number of hydrogen-bond donors (Lipinski definition) is 1. The average Bonchev–Trinajstić information content (AvgIpc) is 3.12. The van der Waals surface area contributed by atoms with Gasteiger partial charge in [-0.1, -0.05) is 6.07 Å². The first kappa shape index (κ1) is 16.5. The Kier molecular flexibility index (Phi) is 4.64. The van der Waals surface area contributed by atoms with Crippen molar-refractivity contribution in [1.82, 2.24) is 9.80 Å². The van der Waals surface area contributed by atoms with Gasteiger partial charge in [0.05, 0.1) is 24.7 Å². The summed E-state index contributed by atoms with van der Waals surface area (Å²) in [5.74, 6) is 0.478. The van der Waals surface area contributed by atoms with Gasteiger partial charge in [-0.3, -0.25) is 9.69 Å². The van der Waals surface area contributed by atoms with Crippen molar-refractivity contribution in [2.45, 2.75) is 43.9 Å². The van der Waals surface area contributed by atoms with Crippen LogP contribution in [0.25, 0.3) is 0 Å². The van der Waals surface area contributed by atoms with Crippen LogP contribution in [-0.4, -0.2) is 65.3 Å². The summed E-state index contributed by atoms with van der Waals surface area (Å²) in [6, 6.07) is 4.27. The zero-order valence-electron chi connectivity index (χ0n) is 14.0. The molecule has 2 saturated heterocycles. The fourth-order valence-corrected chi connectivity index (χ4v) is 4.83. The predicted octanol–water partition coefficient (Wildman–Crippen LogP) is 1.71. The van der Waals surface area contributed by atoms with E-state index in [1.54, 1.807) is 11.3 Å². The van der Waals surface area contributed by atoms with Gasteiger partial charge in [-0.05, 0) is 30.7 Å². The van der Waals surface area contributed by atoms with Gasteiger partial charge in [0, 0.05) is 43.5 Å². The maximum atomic E-state index is 12.5. The van der Waals surface area contributed by atoms with Crippen molar-refractivity contribution in [3.05, 3.63) is 22.4 Å². The smallest absolute Gasteiger partial charge is 0.225 e. The monoisotopic (exact) mass is 350 g/mol. The van der Waals surface area contributed by atoms with Crippen LogP contribution in [0.3, 0.4) is 0 Å². The molecule has 132 valence electrons. The third-order valence-electron chi connectivity index (χ3n) is 5.69. The highest BCUT2D eigenvalue weighted by Crippen LogP contribution is 2.36. The lowest BCUT2D eigenvalue weighted by Crippen LogP contribution is -2.43. The van der Waals surface area contributed by atoms with Crippen LogP contribution in [0.2, 0.25) is 0 Å². The fourth-order valence-electron chi connectivity index (χ4n) is 4.09. The molecule has 4 rings (SSSR count). The maximum Gasteiger partial charge on any atom is 0.225 e. The second kappa shape index (κ2) is 6.75. The highest BCUT2D eigenvalue weighted by atomic mass is 32.1. The van der Waals surface area contributed by atoms with Gasteiger partial charge in [0.15, 0.2) is 0 Å². The van der Waals surface area contributed by atoms with Gasteiger partial charge in [-0.15, -0.1) is 11.3 Å². The Morgan fingerprint density at radius 2 is 2.25 bits per heavy atom. The summed E-state index contributed by atoms with van der Waals surface area (Å²) in [6.07, 6.45) is 3.01. The summed E-state index contributed by atoms with van der Waals surface area (Å²) >= 11 is 1.79. The van der Waals surface area contributed by atoms with E-state index in [0.29, 0.717) is 12.5 Å². The topological polar surface area (TPSA) is 53.0 Å². The fraction of sp³-hybridized carbons (Fsp3) is 0.722. The Morgan fingerprint density at radius 3 is 2.96 bits per heavy atom. The molecule has 1 aromatic rings. The number of rotatable bonds is 4. The van der Waals surface area contributed by atoms with E-state index in [-0.39, 0.29) is 18.4 Å². The first-order valence-electron chi connectivity index (χ1n) is 8.98. The average molecular weight is 350 g/mol. The molecule has 3 aliphatic rings. The van der Waals surface area contributed by atoms with Crippen LogP contribution < -0.4 is 0 Å². The van der Waals surface area contributed by atoms with Crippen LogP contribution in [-0.2, 0) is 16.1 Å². The number of aliphatic hydroxyl groups is 1. The van der Waals surface area contributed by atoms with Crippen molar-refractivity contribution in [3.8, 4) is 0 Å². The maximum absolute atomic E-state index is 12.5. The van der Waals surface area contributed by atoms with Gasteiger partial charge in [0.2, 0.25) is 5.91 Å². The van der Waals surface area contributed by atoms with Crippen LogP contribution in [0.15, 0.2) is 17.5 Å². The van der Waals surface area contributed by atoms with E-state index in [4.69, 9.17) is 4.74 Å². The first-order valence-corrected chi connectivity index (χ1v) is 9.86. The minimum atomic E-state index is -0.728. The molecule has 1 N–H and O–H groups in total. The first-order chi connectivity index (χ1) is 11.6. The second-order valence-corrected chi connectivity index (χ2v) is 8.57. The molecule has 6 heteroatoms. The minimum absolute atomic E-state index is 0.0960. The van der Waals surface area contributed by atoms with Gasteiger partial charge in [0.25, 0.3) is 0 Å². The van der Waals surface area contributed by atoms with E-state index in [0.717, 1.165) is 52.0 Å². The van der Waals surface area contributed by atoms with Gasteiger partial charge in [-0.2, -0.15) is 0 Å². The molecule has 0 aromatic carbocycles. The van der Waals surface area contributed by atoms with Gasteiger partial charge >= 0.3 is 0 Å². The van der Waals surface area contributed by atoms with Crippen LogP contribution in [0.1, 0.15) is 30.6 Å². The summed E-state index contributed by atoms with van der Waals surface area (Å²) in [5, 5.41) is 12.4. The Balaban J connectivity index is 1.34. The molecule has 1 aromatic heterocycles. The summed E-state index contributed by atoms with van der Waals surface area (Å²) in [4.78, 5) is 18.3. The quantitative estimate of drug-likeness (QED) is 0.898. The van der Waals surface area contributed by atoms with E-state index in [2.05, 4.69) is 22.4 Å². The molecule has 0 bridgehead atoms. The van der Waals surface area contributed by atoms with Gasteiger partial charge in [-0.25, -0.2) is 0 Å². The summed E-state index contributed by atoms with van der Waals surface area (Å²) < 4.78 is 6.03. The molecule has 24 heavy (non-hydrogen) atoms. The molecule has 3 fully saturated rings.